The predicted molar refractivity (Wildman–Crippen MR) is 226 cm³/mol. The number of halogens is 3. The van der Waals surface area contributed by atoms with Crippen LogP contribution >= 0.6 is 23.2 Å². The van der Waals surface area contributed by atoms with Gasteiger partial charge in [0.2, 0.25) is 5.91 Å². The van der Waals surface area contributed by atoms with Crippen LogP contribution in [0.15, 0.2) is 127 Å². The van der Waals surface area contributed by atoms with Crippen LogP contribution in [0.2, 0.25) is 10.0 Å². The van der Waals surface area contributed by atoms with Crippen molar-refractivity contribution < 1.29 is 38.1 Å². The number of amides is 2. The molecule has 61 heavy (non-hydrogen) atoms. The van der Waals surface area contributed by atoms with Crippen LogP contribution in [0.1, 0.15) is 49.8 Å². The van der Waals surface area contributed by atoms with E-state index in [1.807, 2.05) is 54.6 Å². The smallest absolute Gasteiger partial charge is 0.326 e. The van der Waals surface area contributed by atoms with Gasteiger partial charge in [-0.15, -0.1) is 0 Å². The first-order chi connectivity index (χ1) is 29.5. The number of carboxylic acid groups (broad SMARTS) is 1. The van der Waals surface area contributed by atoms with E-state index in [1.165, 1.54) is 29.2 Å². The van der Waals surface area contributed by atoms with Crippen molar-refractivity contribution in [1.82, 2.24) is 10.2 Å². The minimum Gasteiger partial charge on any atom is -0.489 e. The number of nitrogens with zero attached hydrogens (tertiary/aromatic N) is 2. The zero-order chi connectivity index (χ0) is 42.6. The molecule has 2 aliphatic heterocycles. The summed E-state index contributed by atoms with van der Waals surface area (Å²) in [5.74, 6) is -1.35. The molecule has 2 N–H and O–H groups in total. The van der Waals surface area contributed by atoms with E-state index in [4.69, 9.17) is 42.7 Å². The number of nitrogens with one attached hydrogen (secondary N) is 1. The molecule has 6 aromatic carbocycles. The maximum absolute atomic E-state index is 14.1. The van der Waals surface area contributed by atoms with Crippen molar-refractivity contribution in [1.29, 1.82) is 5.26 Å². The summed E-state index contributed by atoms with van der Waals surface area (Å²) in [6.07, 6.45) is -0.407. The van der Waals surface area contributed by atoms with Gasteiger partial charge in [-0.3, -0.25) is 9.59 Å². The Morgan fingerprint density at radius 3 is 2.18 bits per heavy atom. The molecule has 10 nitrogen and oxygen atoms in total. The number of carboxylic acids is 1. The number of nitriles is 1. The molecular formula is C48H36Cl2FN3O7. The molecule has 6 aromatic rings. The zero-order valence-electron chi connectivity index (χ0n) is 32.3. The van der Waals surface area contributed by atoms with Crippen LogP contribution in [0.25, 0.3) is 11.1 Å². The van der Waals surface area contributed by atoms with Gasteiger partial charge in [0.15, 0.2) is 17.6 Å². The number of rotatable bonds is 11. The first-order valence-corrected chi connectivity index (χ1v) is 20.1. The lowest BCUT2D eigenvalue weighted by atomic mass is 9.91. The van der Waals surface area contributed by atoms with Crippen LogP contribution in [-0.4, -0.2) is 46.5 Å². The van der Waals surface area contributed by atoms with Crippen molar-refractivity contribution in [3.05, 3.63) is 182 Å². The van der Waals surface area contributed by atoms with Crippen molar-refractivity contribution in [2.45, 2.75) is 44.2 Å². The number of ether oxygens (including phenoxy) is 3. The monoisotopic (exact) mass is 855 g/mol. The van der Waals surface area contributed by atoms with Gasteiger partial charge in [-0.25, -0.2) is 9.18 Å². The van der Waals surface area contributed by atoms with Gasteiger partial charge in [-0.1, -0.05) is 77.8 Å². The van der Waals surface area contributed by atoms with Crippen molar-refractivity contribution in [2.24, 2.45) is 0 Å². The van der Waals surface area contributed by atoms with Gasteiger partial charge in [0, 0.05) is 24.9 Å². The first kappa shape index (κ1) is 40.9. The average molecular weight is 857 g/mol. The summed E-state index contributed by atoms with van der Waals surface area (Å²) in [6, 6.07) is 35.5. The molecule has 0 spiro atoms. The largest absolute Gasteiger partial charge is 0.489 e. The summed E-state index contributed by atoms with van der Waals surface area (Å²) >= 11 is 12.2. The number of hydrogen-bond donors (Lipinski definition) is 2. The van der Waals surface area contributed by atoms with Crippen LogP contribution in [-0.2, 0) is 35.6 Å². The molecule has 3 unspecified atom stereocenters. The summed E-state index contributed by atoms with van der Waals surface area (Å²) in [4.78, 5) is 42.1. The van der Waals surface area contributed by atoms with Gasteiger partial charge >= 0.3 is 5.97 Å². The van der Waals surface area contributed by atoms with Crippen LogP contribution in [0.3, 0.4) is 0 Å². The number of benzene rings is 6. The van der Waals surface area contributed by atoms with E-state index in [-0.39, 0.29) is 31.6 Å². The molecule has 0 aliphatic carbocycles. The van der Waals surface area contributed by atoms with E-state index >= 15 is 0 Å². The van der Waals surface area contributed by atoms with E-state index in [9.17, 15) is 23.9 Å². The summed E-state index contributed by atoms with van der Waals surface area (Å²) < 4.78 is 32.4. The Bertz CT molecular complexity index is 2650. The van der Waals surface area contributed by atoms with E-state index in [0.29, 0.717) is 50.6 Å². The highest BCUT2D eigenvalue weighted by Gasteiger charge is 2.38. The summed E-state index contributed by atoms with van der Waals surface area (Å²) in [6.45, 7) is 0.506. The highest BCUT2D eigenvalue weighted by molar-refractivity contribution is 6.42. The van der Waals surface area contributed by atoms with Crippen molar-refractivity contribution in [3.63, 3.8) is 0 Å². The molecule has 13 heteroatoms. The van der Waals surface area contributed by atoms with Gasteiger partial charge in [-0.05, 0) is 112 Å². The standard InChI is InChI=1S/C48H36Cl2FN3O7/c49-39-18-5-30(19-40(39)50)26-59-38-16-12-33(13-17-38)45-27-60-43-22-35-21-42(54(25-36(35)23-44(43)61-45)47(56)34-10-14-37(51)15-11-34)46(55)53-41(48(57)58)20-28-1-6-31(7-2-28)32-8-3-29(24-52)4-9-32/h1-19,22-23,41-42,45H,20-21,25-27H2,(H,53,55)(H,57,58). The average Bonchev–Trinajstić information content (AvgIpc) is 3.28. The molecule has 0 bridgehead atoms. The molecule has 2 amide bonds. The molecule has 8 rings (SSSR count). The second kappa shape index (κ2) is 17.8. The van der Waals surface area contributed by atoms with Crippen LogP contribution in [0.5, 0.6) is 17.2 Å². The van der Waals surface area contributed by atoms with Gasteiger partial charge in [-0.2, -0.15) is 5.26 Å². The lowest BCUT2D eigenvalue weighted by Gasteiger charge is -2.37. The van der Waals surface area contributed by atoms with E-state index < -0.39 is 41.8 Å². The van der Waals surface area contributed by atoms with E-state index in [0.717, 1.165) is 27.8 Å². The number of hydrogen-bond acceptors (Lipinski definition) is 7. The Kier molecular flexibility index (Phi) is 11.9. The second-order valence-corrected chi connectivity index (χ2v) is 15.6. The van der Waals surface area contributed by atoms with Crippen LogP contribution in [0, 0.1) is 17.1 Å². The van der Waals surface area contributed by atoms with E-state index in [1.54, 1.807) is 48.5 Å². The molecule has 0 aromatic heterocycles. The Morgan fingerprint density at radius 1 is 0.836 bits per heavy atom. The third kappa shape index (κ3) is 9.31. The second-order valence-electron chi connectivity index (χ2n) is 14.7. The minimum atomic E-state index is -1.31. The van der Waals surface area contributed by atoms with E-state index in [2.05, 4.69) is 11.4 Å². The fraction of sp³-hybridized carbons (Fsp3) is 0.167. The Hall–Kier alpha value is -6.87. The number of fused-ring (bicyclic) bond motifs is 2. The number of carbonyl (C=O) groups excluding carboxylic acids is 2. The van der Waals surface area contributed by atoms with Crippen molar-refractivity contribution in [3.8, 4) is 34.4 Å². The molecule has 0 radical (unpaired) electrons. The summed E-state index contributed by atoms with van der Waals surface area (Å²) in [5.41, 5.74) is 6.32. The minimum absolute atomic E-state index is 0.00957. The molecule has 0 saturated carbocycles. The topological polar surface area (TPSA) is 138 Å². The molecule has 2 aliphatic rings. The maximum Gasteiger partial charge on any atom is 0.326 e. The van der Waals surface area contributed by atoms with Gasteiger partial charge in [0.05, 0.1) is 21.7 Å². The van der Waals surface area contributed by atoms with Gasteiger partial charge in [0.1, 0.15) is 36.9 Å². The number of aliphatic carboxylic acids is 1. The molecule has 306 valence electrons. The highest BCUT2D eigenvalue weighted by Crippen LogP contribution is 2.41. The Morgan fingerprint density at radius 2 is 1.51 bits per heavy atom. The summed E-state index contributed by atoms with van der Waals surface area (Å²) in [7, 11) is 0. The number of carbonyl (C=O) groups is 3. The first-order valence-electron chi connectivity index (χ1n) is 19.3. The summed E-state index contributed by atoms with van der Waals surface area (Å²) in [5, 5.41) is 22.9. The molecule has 0 saturated heterocycles. The van der Waals surface area contributed by atoms with Crippen LogP contribution < -0.4 is 19.5 Å². The van der Waals surface area contributed by atoms with Gasteiger partial charge in [0.25, 0.3) is 5.91 Å². The quantitative estimate of drug-likeness (QED) is 0.132. The fourth-order valence-corrected chi connectivity index (χ4v) is 7.69. The fourth-order valence-electron chi connectivity index (χ4n) is 7.37. The van der Waals surface area contributed by atoms with Crippen molar-refractivity contribution >= 4 is 41.0 Å². The Balaban J connectivity index is 0.983. The zero-order valence-corrected chi connectivity index (χ0v) is 33.8. The normalized spacial score (nSPS) is 15.8. The molecule has 2 heterocycles. The Labute approximate surface area is 360 Å². The molecule has 0 fully saturated rings. The predicted octanol–water partition coefficient (Wildman–Crippen LogP) is 9.14. The lowest BCUT2D eigenvalue weighted by molar-refractivity contribution is -0.142. The molecule has 3 atom stereocenters. The third-order valence-corrected chi connectivity index (χ3v) is 11.4. The van der Waals surface area contributed by atoms with Gasteiger partial charge < -0.3 is 29.5 Å². The highest BCUT2D eigenvalue weighted by atomic mass is 35.5. The SMILES string of the molecule is N#Cc1ccc(-c2ccc(CC(NC(=O)C3Cc4cc5c(cc4CN3C(=O)c3ccc(F)cc3)OC(c3ccc(OCc4ccc(Cl)c(Cl)c4)cc3)CO5)C(=O)O)cc2)cc1. The van der Waals surface area contributed by atoms with Crippen LogP contribution in [0.4, 0.5) is 4.39 Å². The molecular weight excluding hydrogens is 820 g/mol. The third-order valence-electron chi connectivity index (χ3n) is 10.7. The van der Waals surface area contributed by atoms with Crippen molar-refractivity contribution in [2.75, 3.05) is 6.61 Å². The lowest BCUT2D eigenvalue weighted by Crippen LogP contribution is -2.56. The maximum atomic E-state index is 14.1.